The van der Waals surface area contributed by atoms with E-state index in [1.54, 1.807) is 10.9 Å². The van der Waals surface area contributed by atoms with Crippen LogP contribution in [0.15, 0.2) is 18.5 Å². The summed E-state index contributed by atoms with van der Waals surface area (Å²) in [6.07, 6.45) is 5.02. The summed E-state index contributed by atoms with van der Waals surface area (Å²) in [6, 6.07) is 2.02. The minimum absolute atomic E-state index is 0. The number of rotatable bonds is 3. The summed E-state index contributed by atoms with van der Waals surface area (Å²) >= 11 is 0. The Labute approximate surface area is 113 Å². The predicted octanol–water partition coefficient (Wildman–Crippen LogP) is 0.676. The number of likely N-dealkylation sites (tertiary alicyclic amines) is 1. The molecule has 98 valence electrons. The van der Waals surface area contributed by atoms with Gasteiger partial charge in [0.15, 0.2) is 0 Å². The number of carbonyl (C=O) groups excluding carboxylic acids is 1. The molecular formula is C10H18Cl2N4O. The number of nitrogens with zero attached hydrogens (tertiary/aromatic N) is 3. The molecular weight excluding hydrogens is 263 g/mol. The number of aromatic nitrogens is 2. The van der Waals surface area contributed by atoms with E-state index >= 15 is 0 Å². The van der Waals surface area contributed by atoms with Gasteiger partial charge in [0.2, 0.25) is 5.91 Å². The molecule has 1 saturated heterocycles. The second-order valence-corrected chi connectivity index (χ2v) is 3.91. The maximum absolute atomic E-state index is 11.7. The van der Waals surface area contributed by atoms with Crippen molar-refractivity contribution >= 4 is 30.7 Å². The van der Waals surface area contributed by atoms with E-state index in [1.165, 1.54) is 0 Å². The topological polar surface area (TPSA) is 64.2 Å². The minimum Gasteiger partial charge on any atom is -0.341 e. The van der Waals surface area contributed by atoms with E-state index in [0.717, 1.165) is 13.0 Å². The average molecular weight is 281 g/mol. The van der Waals surface area contributed by atoms with Crippen LogP contribution in [0, 0.1) is 0 Å². The highest BCUT2D eigenvalue weighted by molar-refractivity contribution is 5.85. The largest absolute Gasteiger partial charge is 0.341 e. The lowest BCUT2D eigenvalue weighted by Gasteiger charge is -2.15. The molecule has 0 spiro atoms. The van der Waals surface area contributed by atoms with Gasteiger partial charge < -0.3 is 10.6 Å². The molecule has 5 nitrogen and oxygen atoms in total. The molecule has 1 aliphatic heterocycles. The van der Waals surface area contributed by atoms with Gasteiger partial charge in [-0.3, -0.25) is 9.48 Å². The second-order valence-electron chi connectivity index (χ2n) is 3.91. The third kappa shape index (κ3) is 4.53. The lowest BCUT2D eigenvalue weighted by Crippen LogP contribution is -2.32. The highest BCUT2D eigenvalue weighted by Gasteiger charge is 2.22. The van der Waals surface area contributed by atoms with Gasteiger partial charge in [0, 0.05) is 44.5 Å². The van der Waals surface area contributed by atoms with Crippen molar-refractivity contribution in [3.05, 3.63) is 18.5 Å². The fourth-order valence-electron chi connectivity index (χ4n) is 1.81. The van der Waals surface area contributed by atoms with Gasteiger partial charge in [-0.15, -0.1) is 24.8 Å². The number of nitrogens with two attached hydrogens (primary N) is 1. The highest BCUT2D eigenvalue weighted by Crippen LogP contribution is 2.08. The van der Waals surface area contributed by atoms with Gasteiger partial charge in [-0.05, 0) is 12.5 Å². The molecule has 7 heteroatoms. The SMILES string of the molecule is Cl.Cl.N[C@@H]1CCN(C(=O)CCn2cccn2)C1. The Kier molecular flexibility index (Phi) is 7.18. The molecule has 1 aliphatic rings. The second kappa shape index (κ2) is 7.53. The molecule has 1 fully saturated rings. The number of aryl methyl sites for hydroxylation is 1. The predicted molar refractivity (Wildman–Crippen MR) is 70.5 cm³/mol. The lowest BCUT2D eigenvalue weighted by atomic mass is 10.3. The van der Waals surface area contributed by atoms with Crippen LogP contribution in [-0.2, 0) is 11.3 Å². The molecule has 2 heterocycles. The van der Waals surface area contributed by atoms with Crippen molar-refractivity contribution < 1.29 is 4.79 Å². The van der Waals surface area contributed by atoms with Crippen LogP contribution in [0.3, 0.4) is 0 Å². The Morgan fingerprint density at radius 3 is 2.76 bits per heavy atom. The number of hydrogen-bond acceptors (Lipinski definition) is 3. The maximum Gasteiger partial charge on any atom is 0.224 e. The zero-order valence-electron chi connectivity index (χ0n) is 9.49. The molecule has 2 rings (SSSR count). The van der Waals surface area contributed by atoms with Gasteiger partial charge in [0.1, 0.15) is 0 Å². The Hall–Kier alpha value is -0.780. The first-order valence-electron chi connectivity index (χ1n) is 5.26. The molecule has 2 N–H and O–H groups in total. The Bertz CT molecular complexity index is 331. The normalized spacial score (nSPS) is 18.4. The number of carbonyl (C=O) groups is 1. The Morgan fingerprint density at radius 2 is 2.24 bits per heavy atom. The van der Waals surface area contributed by atoms with Crippen LogP contribution in [0.1, 0.15) is 12.8 Å². The summed E-state index contributed by atoms with van der Waals surface area (Å²) in [5.74, 6) is 0.179. The Morgan fingerprint density at radius 1 is 1.47 bits per heavy atom. The van der Waals surface area contributed by atoms with Crippen LogP contribution >= 0.6 is 24.8 Å². The zero-order chi connectivity index (χ0) is 10.7. The van der Waals surface area contributed by atoms with E-state index in [-0.39, 0.29) is 36.8 Å². The molecule has 0 aliphatic carbocycles. The third-order valence-corrected chi connectivity index (χ3v) is 2.69. The first-order chi connectivity index (χ1) is 7.25. The van der Waals surface area contributed by atoms with E-state index < -0.39 is 0 Å². The van der Waals surface area contributed by atoms with Crippen LogP contribution in [0.4, 0.5) is 0 Å². The molecule has 1 aromatic heterocycles. The molecule has 0 saturated carbocycles. The lowest BCUT2D eigenvalue weighted by molar-refractivity contribution is -0.130. The fraction of sp³-hybridized carbons (Fsp3) is 0.600. The van der Waals surface area contributed by atoms with Crippen LogP contribution < -0.4 is 5.73 Å². The van der Waals surface area contributed by atoms with Gasteiger partial charge in [0.05, 0.1) is 0 Å². The summed E-state index contributed by atoms with van der Waals surface area (Å²) in [5, 5.41) is 4.05. The van der Waals surface area contributed by atoms with Crippen molar-refractivity contribution in [2.75, 3.05) is 13.1 Å². The summed E-state index contributed by atoms with van der Waals surface area (Å²) < 4.78 is 1.77. The smallest absolute Gasteiger partial charge is 0.224 e. The van der Waals surface area contributed by atoms with E-state index in [4.69, 9.17) is 5.73 Å². The van der Waals surface area contributed by atoms with Crippen molar-refractivity contribution in [2.45, 2.75) is 25.4 Å². The number of halogens is 2. The minimum atomic E-state index is 0. The fourth-order valence-corrected chi connectivity index (χ4v) is 1.81. The van der Waals surface area contributed by atoms with Crippen molar-refractivity contribution in [3.8, 4) is 0 Å². The summed E-state index contributed by atoms with van der Waals surface area (Å²) in [4.78, 5) is 13.6. The molecule has 1 amide bonds. The molecule has 0 aromatic carbocycles. The number of amides is 1. The first kappa shape index (κ1) is 16.2. The van der Waals surface area contributed by atoms with E-state index in [2.05, 4.69) is 5.10 Å². The van der Waals surface area contributed by atoms with Gasteiger partial charge in [0.25, 0.3) is 0 Å². The van der Waals surface area contributed by atoms with Gasteiger partial charge in [-0.2, -0.15) is 5.10 Å². The Balaban J connectivity index is 0.00000128. The van der Waals surface area contributed by atoms with E-state index in [9.17, 15) is 4.79 Å². The van der Waals surface area contributed by atoms with Crippen LogP contribution in [0.2, 0.25) is 0 Å². The van der Waals surface area contributed by atoms with Crippen LogP contribution in [-0.4, -0.2) is 39.7 Å². The van der Waals surface area contributed by atoms with Gasteiger partial charge in [-0.1, -0.05) is 0 Å². The quantitative estimate of drug-likeness (QED) is 0.886. The van der Waals surface area contributed by atoms with Crippen LogP contribution in [0.5, 0.6) is 0 Å². The highest BCUT2D eigenvalue weighted by atomic mass is 35.5. The zero-order valence-corrected chi connectivity index (χ0v) is 11.1. The molecule has 0 bridgehead atoms. The standard InChI is InChI=1S/C10H16N4O.2ClH/c11-9-2-6-13(8-9)10(15)3-7-14-5-1-4-12-14;;/h1,4-5,9H,2-3,6-8,11H2;2*1H/t9-;;/m1../s1. The van der Waals surface area contributed by atoms with Crippen molar-refractivity contribution in [3.63, 3.8) is 0 Å². The molecule has 1 atom stereocenters. The molecule has 1 aromatic rings. The summed E-state index contributed by atoms with van der Waals surface area (Å²) in [6.45, 7) is 2.16. The third-order valence-electron chi connectivity index (χ3n) is 2.69. The first-order valence-corrected chi connectivity index (χ1v) is 5.26. The average Bonchev–Trinajstić information content (AvgIpc) is 2.84. The molecule has 0 radical (unpaired) electrons. The summed E-state index contributed by atoms with van der Waals surface area (Å²) in [7, 11) is 0. The molecule has 0 unspecified atom stereocenters. The van der Waals surface area contributed by atoms with Crippen LogP contribution in [0.25, 0.3) is 0 Å². The maximum atomic E-state index is 11.7. The number of hydrogen-bond donors (Lipinski definition) is 1. The van der Waals surface area contributed by atoms with E-state index in [1.807, 2.05) is 17.2 Å². The van der Waals surface area contributed by atoms with Crippen molar-refractivity contribution in [2.24, 2.45) is 5.73 Å². The van der Waals surface area contributed by atoms with Crippen molar-refractivity contribution in [1.82, 2.24) is 14.7 Å². The molecule has 17 heavy (non-hydrogen) atoms. The monoisotopic (exact) mass is 280 g/mol. The van der Waals surface area contributed by atoms with E-state index in [0.29, 0.717) is 19.5 Å². The van der Waals surface area contributed by atoms with Gasteiger partial charge >= 0.3 is 0 Å². The summed E-state index contributed by atoms with van der Waals surface area (Å²) in [5.41, 5.74) is 5.74. The van der Waals surface area contributed by atoms with Crippen molar-refractivity contribution in [1.29, 1.82) is 0 Å². The van der Waals surface area contributed by atoms with Gasteiger partial charge in [-0.25, -0.2) is 0 Å².